The lowest BCUT2D eigenvalue weighted by atomic mass is 10.2. The molecule has 1 N–H and O–H groups in total. The van der Waals surface area contributed by atoms with E-state index in [1.165, 1.54) is 5.57 Å². The van der Waals surface area contributed by atoms with Crippen LogP contribution in [0.15, 0.2) is 29.8 Å². The Morgan fingerprint density at radius 2 is 2.00 bits per heavy atom. The van der Waals surface area contributed by atoms with E-state index in [0.717, 1.165) is 30.2 Å². The second kappa shape index (κ2) is 6.97. The van der Waals surface area contributed by atoms with Gasteiger partial charge in [-0.3, -0.25) is 0 Å². The van der Waals surface area contributed by atoms with Gasteiger partial charge in [0, 0.05) is 18.7 Å². The van der Waals surface area contributed by atoms with Gasteiger partial charge >= 0.3 is 0 Å². The van der Waals surface area contributed by atoms with E-state index in [9.17, 15) is 0 Å². The number of nitrogens with one attached hydrogen (secondary N) is 1. The maximum Gasteiger partial charge on any atom is 0.123 e. The average molecular weight is 235 g/mol. The standard InChI is InChI=1S/C14H21NO2/c1-11(2)7-8-15-10-12-9-13(16-3)5-6-14(12)17-4/h5-7,9,15H,8,10H2,1-4H3. The van der Waals surface area contributed by atoms with Crippen LogP contribution < -0.4 is 14.8 Å². The summed E-state index contributed by atoms with van der Waals surface area (Å²) in [6.07, 6.45) is 2.16. The molecule has 0 heterocycles. The van der Waals surface area contributed by atoms with Gasteiger partial charge in [0.05, 0.1) is 14.2 Å². The van der Waals surface area contributed by atoms with Crippen LogP contribution in [-0.4, -0.2) is 20.8 Å². The molecule has 0 aromatic heterocycles. The summed E-state index contributed by atoms with van der Waals surface area (Å²) in [7, 11) is 3.35. The summed E-state index contributed by atoms with van der Waals surface area (Å²) in [6, 6.07) is 5.82. The van der Waals surface area contributed by atoms with Gasteiger partial charge in [0.25, 0.3) is 0 Å². The first kappa shape index (κ1) is 13.6. The van der Waals surface area contributed by atoms with Gasteiger partial charge in [-0.1, -0.05) is 11.6 Å². The van der Waals surface area contributed by atoms with Gasteiger partial charge in [-0.05, 0) is 32.0 Å². The molecule has 0 atom stereocenters. The van der Waals surface area contributed by atoms with E-state index in [1.54, 1.807) is 14.2 Å². The molecule has 0 saturated carbocycles. The molecule has 3 nitrogen and oxygen atoms in total. The third-order valence-corrected chi connectivity index (χ3v) is 2.46. The third-order valence-electron chi connectivity index (χ3n) is 2.46. The third kappa shape index (κ3) is 4.49. The van der Waals surface area contributed by atoms with Crippen LogP contribution in [0.2, 0.25) is 0 Å². The highest BCUT2D eigenvalue weighted by Crippen LogP contribution is 2.23. The first-order valence-electron chi connectivity index (χ1n) is 5.72. The molecule has 0 bridgehead atoms. The second-order valence-corrected chi connectivity index (χ2v) is 4.09. The number of rotatable bonds is 6. The van der Waals surface area contributed by atoms with Crippen molar-refractivity contribution in [3.63, 3.8) is 0 Å². The van der Waals surface area contributed by atoms with Gasteiger partial charge in [-0.2, -0.15) is 0 Å². The van der Waals surface area contributed by atoms with Gasteiger partial charge in [-0.25, -0.2) is 0 Å². The van der Waals surface area contributed by atoms with Gasteiger partial charge < -0.3 is 14.8 Å². The fourth-order valence-electron chi connectivity index (χ4n) is 1.50. The van der Waals surface area contributed by atoms with E-state index in [4.69, 9.17) is 9.47 Å². The maximum absolute atomic E-state index is 5.31. The first-order chi connectivity index (χ1) is 8.17. The summed E-state index contributed by atoms with van der Waals surface area (Å²) in [5.41, 5.74) is 2.42. The Hall–Kier alpha value is -1.48. The van der Waals surface area contributed by atoms with E-state index < -0.39 is 0 Å². The van der Waals surface area contributed by atoms with Gasteiger partial charge in [0.2, 0.25) is 0 Å². The Morgan fingerprint density at radius 1 is 1.24 bits per heavy atom. The number of benzene rings is 1. The molecular formula is C14H21NO2. The Balaban J connectivity index is 2.64. The van der Waals surface area contributed by atoms with E-state index in [0.29, 0.717) is 0 Å². The molecule has 1 rings (SSSR count). The summed E-state index contributed by atoms with van der Waals surface area (Å²) in [5.74, 6) is 1.74. The number of methoxy groups -OCH3 is 2. The van der Waals surface area contributed by atoms with E-state index >= 15 is 0 Å². The monoisotopic (exact) mass is 235 g/mol. The van der Waals surface area contributed by atoms with Crippen LogP contribution in [-0.2, 0) is 6.54 Å². The molecule has 1 aromatic carbocycles. The van der Waals surface area contributed by atoms with Crippen molar-refractivity contribution in [3.05, 3.63) is 35.4 Å². The smallest absolute Gasteiger partial charge is 0.123 e. The van der Waals surface area contributed by atoms with Crippen LogP contribution in [0.5, 0.6) is 11.5 Å². The van der Waals surface area contributed by atoms with Crippen LogP contribution in [0, 0.1) is 0 Å². The molecule has 17 heavy (non-hydrogen) atoms. The zero-order valence-electron chi connectivity index (χ0n) is 11.0. The molecule has 0 aliphatic rings. The fraction of sp³-hybridized carbons (Fsp3) is 0.429. The molecule has 0 unspecified atom stereocenters. The van der Waals surface area contributed by atoms with Gasteiger partial charge in [0.15, 0.2) is 0 Å². The number of ether oxygens (including phenoxy) is 2. The minimum absolute atomic E-state index is 0.768. The lowest BCUT2D eigenvalue weighted by Gasteiger charge is -2.10. The van der Waals surface area contributed by atoms with Crippen LogP contribution in [0.1, 0.15) is 19.4 Å². The summed E-state index contributed by atoms with van der Waals surface area (Å²) in [6.45, 7) is 5.81. The van der Waals surface area contributed by atoms with E-state index in [1.807, 2.05) is 18.2 Å². The molecule has 0 radical (unpaired) electrons. The summed E-state index contributed by atoms with van der Waals surface area (Å²) < 4.78 is 10.5. The largest absolute Gasteiger partial charge is 0.497 e. The Labute approximate surface area is 103 Å². The van der Waals surface area contributed by atoms with Crippen LogP contribution in [0.4, 0.5) is 0 Å². The minimum Gasteiger partial charge on any atom is -0.497 e. The lowest BCUT2D eigenvalue weighted by Crippen LogP contribution is -2.13. The average Bonchev–Trinajstić information content (AvgIpc) is 2.34. The molecule has 0 aliphatic carbocycles. The zero-order valence-corrected chi connectivity index (χ0v) is 11.0. The molecule has 0 amide bonds. The van der Waals surface area contributed by atoms with Crippen LogP contribution in [0.25, 0.3) is 0 Å². The summed E-state index contributed by atoms with van der Waals surface area (Å²) in [5, 5.41) is 3.35. The van der Waals surface area contributed by atoms with Crippen molar-refractivity contribution < 1.29 is 9.47 Å². The Kier molecular flexibility index (Phi) is 5.57. The van der Waals surface area contributed by atoms with E-state index in [2.05, 4.69) is 25.2 Å². The van der Waals surface area contributed by atoms with Crippen molar-refractivity contribution in [2.24, 2.45) is 0 Å². The molecule has 3 heteroatoms. The topological polar surface area (TPSA) is 30.5 Å². The lowest BCUT2D eigenvalue weighted by molar-refractivity contribution is 0.397. The SMILES string of the molecule is COc1ccc(OC)c(CNCC=C(C)C)c1. The zero-order chi connectivity index (χ0) is 12.7. The summed E-state index contributed by atoms with van der Waals surface area (Å²) >= 11 is 0. The summed E-state index contributed by atoms with van der Waals surface area (Å²) in [4.78, 5) is 0. The van der Waals surface area contributed by atoms with Gasteiger partial charge in [-0.15, -0.1) is 0 Å². The highest BCUT2D eigenvalue weighted by molar-refractivity contribution is 5.40. The number of hydrogen-bond acceptors (Lipinski definition) is 3. The predicted molar refractivity (Wildman–Crippen MR) is 70.7 cm³/mol. The number of allylic oxidation sites excluding steroid dienone is 1. The van der Waals surface area contributed by atoms with Crippen molar-refractivity contribution in [2.45, 2.75) is 20.4 Å². The fourth-order valence-corrected chi connectivity index (χ4v) is 1.50. The highest BCUT2D eigenvalue weighted by atomic mass is 16.5. The second-order valence-electron chi connectivity index (χ2n) is 4.09. The molecule has 0 saturated heterocycles. The predicted octanol–water partition coefficient (Wildman–Crippen LogP) is 2.76. The first-order valence-corrected chi connectivity index (χ1v) is 5.72. The molecular weight excluding hydrogens is 214 g/mol. The molecule has 0 fully saturated rings. The Bertz CT molecular complexity index is 382. The molecule has 1 aromatic rings. The Morgan fingerprint density at radius 3 is 2.59 bits per heavy atom. The van der Waals surface area contributed by atoms with Crippen molar-refractivity contribution in [1.29, 1.82) is 0 Å². The number of hydrogen-bond donors (Lipinski definition) is 1. The maximum atomic E-state index is 5.31. The van der Waals surface area contributed by atoms with Crippen molar-refractivity contribution >= 4 is 0 Å². The highest BCUT2D eigenvalue weighted by Gasteiger charge is 2.03. The van der Waals surface area contributed by atoms with Crippen LogP contribution in [0.3, 0.4) is 0 Å². The molecule has 94 valence electrons. The van der Waals surface area contributed by atoms with Crippen molar-refractivity contribution in [1.82, 2.24) is 5.32 Å². The molecule has 0 aliphatic heterocycles. The molecule has 0 spiro atoms. The normalized spacial score (nSPS) is 9.88. The van der Waals surface area contributed by atoms with Gasteiger partial charge in [0.1, 0.15) is 11.5 Å². The van der Waals surface area contributed by atoms with Crippen molar-refractivity contribution in [3.8, 4) is 11.5 Å². The quantitative estimate of drug-likeness (QED) is 0.607. The minimum atomic E-state index is 0.768. The van der Waals surface area contributed by atoms with Crippen LogP contribution >= 0.6 is 0 Å². The van der Waals surface area contributed by atoms with E-state index in [-0.39, 0.29) is 0 Å². The van der Waals surface area contributed by atoms with Crippen molar-refractivity contribution in [2.75, 3.05) is 20.8 Å².